The number of nitrogens with one attached hydrogen (secondary N) is 1. The predicted octanol–water partition coefficient (Wildman–Crippen LogP) is 0.406. The van der Waals surface area contributed by atoms with Gasteiger partial charge in [0, 0.05) is 19.0 Å². The van der Waals surface area contributed by atoms with Crippen LogP contribution in [0.25, 0.3) is 0 Å². The molecule has 2 atom stereocenters. The number of ether oxygens (including phenoxy) is 1. The van der Waals surface area contributed by atoms with Crippen LogP contribution in [-0.4, -0.2) is 22.7 Å². The van der Waals surface area contributed by atoms with Crippen molar-refractivity contribution in [3.63, 3.8) is 0 Å². The molecule has 0 aromatic carbocycles. The van der Waals surface area contributed by atoms with Gasteiger partial charge in [-0.3, -0.25) is 15.8 Å². The first kappa shape index (κ1) is 11.0. The van der Waals surface area contributed by atoms with Crippen LogP contribution < -0.4 is 11.3 Å². The van der Waals surface area contributed by atoms with Crippen molar-refractivity contribution >= 4 is 0 Å². The van der Waals surface area contributed by atoms with Gasteiger partial charge in [0.05, 0.1) is 24.0 Å². The van der Waals surface area contributed by atoms with Gasteiger partial charge in [0.25, 0.3) is 0 Å². The normalized spacial score (nSPS) is 15.1. The van der Waals surface area contributed by atoms with Crippen LogP contribution in [0.5, 0.6) is 0 Å². The molecule has 0 amide bonds. The lowest BCUT2D eigenvalue weighted by atomic mass is 10.1. The van der Waals surface area contributed by atoms with E-state index in [1.54, 1.807) is 18.6 Å². The van der Waals surface area contributed by atoms with Gasteiger partial charge < -0.3 is 4.74 Å². The highest BCUT2D eigenvalue weighted by Gasteiger charge is 2.19. The second-order valence-corrected chi connectivity index (χ2v) is 2.94. The Labute approximate surface area is 83.7 Å². The number of aromatic nitrogens is 2. The molecule has 0 saturated carbocycles. The summed E-state index contributed by atoms with van der Waals surface area (Å²) in [6.07, 6.45) is 4.92. The molecule has 5 nitrogen and oxygen atoms in total. The number of nitrogens with two attached hydrogens (primary N) is 1. The zero-order valence-electron chi connectivity index (χ0n) is 8.47. The summed E-state index contributed by atoms with van der Waals surface area (Å²) in [5.41, 5.74) is 3.46. The molecule has 1 heterocycles. The molecule has 0 bridgehead atoms. The highest BCUT2D eigenvalue weighted by molar-refractivity contribution is 5.03. The van der Waals surface area contributed by atoms with Crippen LogP contribution >= 0.6 is 0 Å². The van der Waals surface area contributed by atoms with Crippen LogP contribution in [0.15, 0.2) is 18.6 Å². The number of hydrogen-bond donors (Lipinski definition) is 2. The molecule has 0 spiro atoms. The molecule has 78 valence electrons. The first-order valence-electron chi connectivity index (χ1n) is 4.63. The molecule has 5 heteroatoms. The van der Waals surface area contributed by atoms with E-state index < -0.39 is 0 Å². The van der Waals surface area contributed by atoms with Crippen LogP contribution in [0.3, 0.4) is 0 Å². The van der Waals surface area contributed by atoms with Gasteiger partial charge >= 0.3 is 0 Å². The number of hydrogen-bond acceptors (Lipinski definition) is 5. The van der Waals surface area contributed by atoms with Crippen molar-refractivity contribution < 1.29 is 4.74 Å². The Morgan fingerprint density at radius 2 is 2.36 bits per heavy atom. The molecule has 14 heavy (non-hydrogen) atoms. The minimum atomic E-state index is -0.122. The van der Waals surface area contributed by atoms with Gasteiger partial charge in [0.2, 0.25) is 0 Å². The minimum absolute atomic E-state index is 0.0262. The Hall–Kier alpha value is -1.04. The van der Waals surface area contributed by atoms with E-state index in [9.17, 15) is 0 Å². The molecule has 1 rings (SSSR count). The average molecular weight is 196 g/mol. The van der Waals surface area contributed by atoms with Gasteiger partial charge in [-0.1, -0.05) is 0 Å². The summed E-state index contributed by atoms with van der Waals surface area (Å²) in [7, 11) is 0. The summed E-state index contributed by atoms with van der Waals surface area (Å²) in [5.74, 6) is 5.44. The van der Waals surface area contributed by atoms with Gasteiger partial charge in [-0.15, -0.1) is 0 Å². The third kappa shape index (κ3) is 2.73. The predicted molar refractivity (Wildman–Crippen MR) is 53.2 cm³/mol. The summed E-state index contributed by atoms with van der Waals surface area (Å²) in [6.45, 7) is 4.54. The summed E-state index contributed by atoms with van der Waals surface area (Å²) >= 11 is 0. The lowest BCUT2D eigenvalue weighted by Crippen LogP contribution is -2.37. The van der Waals surface area contributed by atoms with E-state index in [0.717, 1.165) is 5.69 Å². The summed E-state index contributed by atoms with van der Waals surface area (Å²) < 4.78 is 5.44. The molecule has 0 aliphatic heterocycles. The third-order valence-corrected chi connectivity index (χ3v) is 1.98. The lowest BCUT2D eigenvalue weighted by molar-refractivity contribution is 0.0460. The molecular weight excluding hydrogens is 180 g/mol. The molecule has 0 saturated heterocycles. The van der Waals surface area contributed by atoms with E-state index in [1.165, 1.54) is 0 Å². The highest BCUT2D eigenvalue weighted by atomic mass is 16.5. The number of rotatable bonds is 5. The van der Waals surface area contributed by atoms with Crippen LogP contribution in [0.4, 0.5) is 0 Å². The van der Waals surface area contributed by atoms with Crippen molar-refractivity contribution in [3.05, 3.63) is 24.3 Å². The third-order valence-electron chi connectivity index (χ3n) is 1.98. The molecule has 2 unspecified atom stereocenters. The fourth-order valence-electron chi connectivity index (χ4n) is 1.29. The lowest BCUT2D eigenvalue weighted by Gasteiger charge is -2.21. The van der Waals surface area contributed by atoms with Crippen LogP contribution in [0, 0.1) is 0 Å². The molecule has 0 radical (unpaired) electrons. The zero-order chi connectivity index (χ0) is 10.4. The Kier molecular flexibility index (Phi) is 4.45. The Balaban J connectivity index is 2.71. The van der Waals surface area contributed by atoms with Crippen LogP contribution in [0.2, 0.25) is 0 Å². The SMILES string of the molecule is CCOC(C)C(NN)c1cnccn1. The standard InChI is InChI=1S/C9H16N4O/c1-3-14-7(2)9(13-10)8-6-11-4-5-12-8/h4-7,9,13H,3,10H2,1-2H3. The quantitative estimate of drug-likeness (QED) is 0.527. The summed E-state index contributed by atoms with van der Waals surface area (Å²) in [4.78, 5) is 8.15. The van der Waals surface area contributed by atoms with E-state index in [4.69, 9.17) is 10.6 Å². The summed E-state index contributed by atoms with van der Waals surface area (Å²) in [5, 5.41) is 0. The molecule has 0 aliphatic carbocycles. The minimum Gasteiger partial charge on any atom is -0.377 e. The molecule has 0 fully saturated rings. The van der Waals surface area contributed by atoms with E-state index >= 15 is 0 Å². The maximum atomic E-state index is 5.44. The zero-order valence-corrected chi connectivity index (χ0v) is 8.47. The van der Waals surface area contributed by atoms with Gasteiger partial charge in [0.1, 0.15) is 0 Å². The molecule has 1 aromatic rings. The fraction of sp³-hybridized carbons (Fsp3) is 0.556. The van der Waals surface area contributed by atoms with Crippen LogP contribution in [0.1, 0.15) is 25.6 Å². The molecular formula is C9H16N4O. The van der Waals surface area contributed by atoms with E-state index in [1.807, 2.05) is 13.8 Å². The van der Waals surface area contributed by atoms with Crippen molar-refractivity contribution in [3.8, 4) is 0 Å². The largest absolute Gasteiger partial charge is 0.377 e. The van der Waals surface area contributed by atoms with E-state index in [0.29, 0.717) is 6.61 Å². The van der Waals surface area contributed by atoms with Gasteiger partial charge in [-0.25, -0.2) is 5.43 Å². The topological polar surface area (TPSA) is 73.1 Å². The first-order chi connectivity index (χ1) is 6.79. The monoisotopic (exact) mass is 196 g/mol. The molecule has 3 N–H and O–H groups in total. The maximum absolute atomic E-state index is 5.44. The van der Waals surface area contributed by atoms with E-state index in [-0.39, 0.29) is 12.1 Å². The smallest absolute Gasteiger partial charge is 0.0906 e. The van der Waals surface area contributed by atoms with Crippen molar-refractivity contribution in [2.24, 2.45) is 5.84 Å². The fourth-order valence-corrected chi connectivity index (χ4v) is 1.29. The van der Waals surface area contributed by atoms with E-state index in [2.05, 4.69) is 15.4 Å². The average Bonchev–Trinajstić information content (AvgIpc) is 2.21. The van der Waals surface area contributed by atoms with Gasteiger partial charge in [-0.2, -0.15) is 0 Å². The molecule has 0 aliphatic rings. The Morgan fingerprint density at radius 3 is 2.86 bits per heavy atom. The molecule has 1 aromatic heterocycles. The maximum Gasteiger partial charge on any atom is 0.0906 e. The van der Waals surface area contributed by atoms with Crippen molar-refractivity contribution in [2.75, 3.05) is 6.61 Å². The Bertz CT molecular complexity index is 254. The summed E-state index contributed by atoms with van der Waals surface area (Å²) in [6, 6.07) is -0.122. The number of hydrazine groups is 1. The van der Waals surface area contributed by atoms with Crippen LogP contribution in [-0.2, 0) is 4.74 Å². The van der Waals surface area contributed by atoms with Crippen molar-refractivity contribution in [2.45, 2.75) is 26.0 Å². The van der Waals surface area contributed by atoms with Gasteiger partial charge in [0.15, 0.2) is 0 Å². The second-order valence-electron chi connectivity index (χ2n) is 2.94. The first-order valence-corrected chi connectivity index (χ1v) is 4.63. The van der Waals surface area contributed by atoms with Crippen molar-refractivity contribution in [1.82, 2.24) is 15.4 Å². The van der Waals surface area contributed by atoms with Crippen molar-refractivity contribution in [1.29, 1.82) is 0 Å². The number of nitrogens with zero attached hydrogens (tertiary/aromatic N) is 2. The highest BCUT2D eigenvalue weighted by Crippen LogP contribution is 2.14. The Morgan fingerprint density at radius 1 is 1.57 bits per heavy atom. The second kappa shape index (κ2) is 5.64. The van der Waals surface area contributed by atoms with Gasteiger partial charge in [-0.05, 0) is 13.8 Å².